The van der Waals surface area contributed by atoms with Crippen molar-refractivity contribution in [3.05, 3.63) is 32.1 Å². The summed E-state index contributed by atoms with van der Waals surface area (Å²) in [6.07, 6.45) is 2.43. The van der Waals surface area contributed by atoms with Crippen LogP contribution in [0.5, 0.6) is 0 Å². The molecule has 0 unspecified atom stereocenters. The molecule has 0 saturated carbocycles. The minimum atomic E-state index is -3.22. The van der Waals surface area contributed by atoms with E-state index in [1.807, 2.05) is 0 Å². The quantitative estimate of drug-likeness (QED) is 0.279. The molecular weight excluding hydrogens is 611 g/mol. The fraction of sp³-hybridized carbons (Fsp3) is 0.600. The van der Waals surface area contributed by atoms with Crippen LogP contribution >= 0.6 is 50.5 Å². The molecule has 3 fully saturated rings. The summed E-state index contributed by atoms with van der Waals surface area (Å²) in [6, 6.07) is 2.17. The molecule has 4 rings (SSSR count). The average molecular weight is 637 g/mol. The standard InChI is InChI=1S/C9H11ClN2O3.C9H12N2O4.C2H3N.Cl3OP/c10-7-5-8(13)12(9(14)11-7)6-1-3-15-4-2-6;12-7-5-8(13)11(9(14)10-7)6-1-3-15-4-2-6;1-2-3;1-5(2,3)4/h5-6H,1-4H2,(H,11,14);6H,1-5H2,(H,10,12,14);1H3;. The molecule has 4 amide bonds. The van der Waals surface area contributed by atoms with E-state index in [1.165, 1.54) is 17.6 Å². The third kappa shape index (κ3) is 12.8. The molecule has 38 heavy (non-hydrogen) atoms. The lowest BCUT2D eigenvalue weighted by molar-refractivity contribution is -0.138. The summed E-state index contributed by atoms with van der Waals surface area (Å²) >= 11 is 19.4. The Hall–Kier alpha value is -1.91. The molecule has 0 aliphatic carbocycles. The number of nitriles is 1. The van der Waals surface area contributed by atoms with Gasteiger partial charge in [-0.3, -0.25) is 38.7 Å². The molecule has 212 valence electrons. The lowest BCUT2D eigenvalue weighted by atomic mass is 10.1. The topological polar surface area (TPSA) is 181 Å². The Balaban J connectivity index is 0.000000298. The Morgan fingerprint density at radius 1 is 0.974 bits per heavy atom. The number of urea groups is 1. The average Bonchev–Trinajstić information content (AvgIpc) is 2.79. The zero-order valence-electron chi connectivity index (χ0n) is 20.2. The molecule has 18 heteroatoms. The number of carbonyl (C=O) groups is 3. The van der Waals surface area contributed by atoms with Crippen molar-refractivity contribution in [2.75, 3.05) is 26.4 Å². The number of aromatic nitrogens is 2. The van der Waals surface area contributed by atoms with Gasteiger partial charge in [0.05, 0.1) is 6.07 Å². The number of hydrogen-bond acceptors (Lipinski definition) is 9. The van der Waals surface area contributed by atoms with Crippen molar-refractivity contribution in [3.63, 3.8) is 0 Å². The van der Waals surface area contributed by atoms with Crippen LogP contribution in [0.4, 0.5) is 4.79 Å². The lowest BCUT2D eigenvalue weighted by Crippen LogP contribution is -2.57. The van der Waals surface area contributed by atoms with Gasteiger partial charge in [-0.1, -0.05) is 11.6 Å². The number of aromatic amines is 1. The molecule has 1 aromatic heterocycles. The fourth-order valence-corrected chi connectivity index (χ4v) is 3.81. The van der Waals surface area contributed by atoms with Crippen LogP contribution in [0.1, 0.15) is 45.1 Å². The lowest BCUT2D eigenvalue weighted by Gasteiger charge is -2.34. The van der Waals surface area contributed by atoms with Crippen LogP contribution in [0.2, 0.25) is 5.15 Å². The van der Waals surface area contributed by atoms with E-state index in [9.17, 15) is 28.5 Å². The monoisotopic (exact) mass is 635 g/mol. The predicted octanol–water partition coefficient (Wildman–Crippen LogP) is 3.52. The van der Waals surface area contributed by atoms with E-state index in [2.05, 4.69) is 44.0 Å². The summed E-state index contributed by atoms with van der Waals surface area (Å²) in [5.41, 5.74) is -0.796. The third-order valence-electron chi connectivity index (χ3n) is 5.09. The van der Waals surface area contributed by atoms with Crippen LogP contribution in [0, 0.1) is 11.3 Å². The largest absolute Gasteiger partial charge is 0.381 e. The van der Waals surface area contributed by atoms with Crippen molar-refractivity contribution in [2.45, 2.75) is 51.1 Å². The molecule has 3 aliphatic heterocycles. The van der Waals surface area contributed by atoms with Gasteiger partial charge < -0.3 is 9.47 Å². The minimum Gasteiger partial charge on any atom is -0.381 e. The molecule has 0 bridgehead atoms. The first-order valence-corrected chi connectivity index (χ1v) is 15.9. The van der Waals surface area contributed by atoms with E-state index in [1.54, 1.807) is 6.07 Å². The molecule has 0 radical (unpaired) electrons. The number of amides is 4. The molecule has 0 spiro atoms. The Labute approximate surface area is 237 Å². The van der Waals surface area contributed by atoms with Crippen molar-refractivity contribution in [1.29, 1.82) is 5.26 Å². The molecule has 1 aromatic rings. The Kier molecular flexibility index (Phi) is 15.2. The van der Waals surface area contributed by atoms with Crippen LogP contribution in [-0.2, 0) is 23.6 Å². The van der Waals surface area contributed by atoms with E-state index in [0.717, 1.165) is 4.90 Å². The highest BCUT2D eigenvalue weighted by Crippen LogP contribution is 2.61. The maximum atomic E-state index is 11.6. The number of nitrogens with zero attached hydrogens (tertiary/aromatic N) is 3. The first-order chi connectivity index (χ1) is 17.8. The van der Waals surface area contributed by atoms with E-state index in [-0.39, 0.29) is 29.2 Å². The summed E-state index contributed by atoms with van der Waals surface area (Å²) in [4.78, 5) is 60.6. The van der Waals surface area contributed by atoms with E-state index in [4.69, 9.17) is 26.3 Å². The second kappa shape index (κ2) is 16.9. The summed E-state index contributed by atoms with van der Waals surface area (Å²) in [5, 5.41) is 6.32. The van der Waals surface area contributed by atoms with Gasteiger partial charge in [-0.15, -0.1) is 0 Å². The third-order valence-corrected chi connectivity index (χ3v) is 5.29. The fourth-order valence-electron chi connectivity index (χ4n) is 3.64. The molecule has 0 atom stereocenters. The highest BCUT2D eigenvalue weighted by atomic mass is 36.0. The van der Waals surface area contributed by atoms with Gasteiger partial charge in [0, 0.05) is 51.5 Å². The number of hydrogen-bond donors (Lipinski definition) is 2. The minimum absolute atomic E-state index is 0.0766. The van der Waals surface area contributed by atoms with Crippen LogP contribution in [-0.4, -0.2) is 64.8 Å². The summed E-state index contributed by atoms with van der Waals surface area (Å²) < 4.78 is 21.0. The smallest absolute Gasteiger partial charge is 0.339 e. The second-order valence-corrected chi connectivity index (χ2v) is 14.8. The molecule has 3 aliphatic rings. The van der Waals surface area contributed by atoms with Gasteiger partial charge in [0.15, 0.2) is 0 Å². The van der Waals surface area contributed by atoms with Gasteiger partial charge in [-0.05, 0) is 59.4 Å². The number of barbiturate groups is 1. The maximum Gasteiger partial charge on any atom is 0.339 e. The summed E-state index contributed by atoms with van der Waals surface area (Å²) in [6.45, 7) is 3.70. The Bertz CT molecular complexity index is 1110. The van der Waals surface area contributed by atoms with Crippen molar-refractivity contribution >= 4 is 68.4 Å². The SMILES string of the molecule is CC#N.O=C1CC(=O)N(C2CCOCC2)C(=O)N1.O=P(Cl)(Cl)Cl.O=c1cc(Cl)[nH]c(=O)n1C1CCOCC1. The number of rotatable bonds is 2. The first-order valence-electron chi connectivity index (χ1n) is 11.1. The maximum absolute atomic E-state index is 11.6. The van der Waals surface area contributed by atoms with E-state index in [0.29, 0.717) is 52.1 Å². The molecule has 2 N–H and O–H groups in total. The normalized spacial score (nSPS) is 18.4. The van der Waals surface area contributed by atoms with Gasteiger partial charge >= 0.3 is 16.9 Å². The number of ether oxygens (including phenoxy) is 2. The van der Waals surface area contributed by atoms with Gasteiger partial charge in [-0.2, -0.15) is 5.26 Å². The van der Waals surface area contributed by atoms with Crippen LogP contribution in [0.3, 0.4) is 0 Å². The van der Waals surface area contributed by atoms with Crippen LogP contribution in [0.15, 0.2) is 15.7 Å². The van der Waals surface area contributed by atoms with Gasteiger partial charge in [0.2, 0.25) is 11.8 Å². The van der Waals surface area contributed by atoms with Crippen molar-refractivity contribution in [2.24, 2.45) is 0 Å². The van der Waals surface area contributed by atoms with E-state index < -0.39 is 28.7 Å². The van der Waals surface area contributed by atoms with Gasteiger partial charge in [0.25, 0.3) is 5.56 Å². The highest BCUT2D eigenvalue weighted by molar-refractivity contribution is 8.24. The number of imide groups is 2. The second-order valence-electron chi connectivity index (χ2n) is 7.73. The first kappa shape index (κ1) is 34.1. The van der Waals surface area contributed by atoms with Crippen molar-refractivity contribution < 1.29 is 28.4 Å². The van der Waals surface area contributed by atoms with Crippen LogP contribution < -0.4 is 16.6 Å². The number of nitrogens with one attached hydrogen (secondary N) is 2. The van der Waals surface area contributed by atoms with Gasteiger partial charge in [0.1, 0.15) is 11.6 Å². The summed E-state index contributed by atoms with van der Waals surface area (Å²) in [5.74, 6) is -0.927. The van der Waals surface area contributed by atoms with Crippen molar-refractivity contribution in [3.8, 4) is 6.07 Å². The van der Waals surface area contributed by atoms with Crippen LogP contribution in [0.25, 0.3) is 0 Å². The molecule has 13 nitrogen and oxygen atoms in total. The van der Waals surface area contributed by atoms with Crippen molar-refractivity contribution in [1.82, 2.24) is 19.8 Å². The Morgan fingerprint density at radius 3 is 1.84 bits per heavy atom. The Morgan fingerprint density at radius 2 is 1.42 bits per heavy atom. The molecule has 3 saturated heterocycles. The number of H-pyrrole nitrogens is 1. The van der Waals surface area contributed by atoms with E-state index >= 15 is 0 Å². The molecular formula is C20H26Cl4N5O8P. The molecule has 0 aromatic carbocycles. The summed E-state index contributed by atoms with van der Waals surface area (Å²) in [7, 11) is 0. The zero-order valence-corrected chi connectivity index (χ0v) is 24.1. The molecule has 4 heterocycles. The van der Waals surface area contributed by atoms with Gasteiger partial charge in [-0.25, -0.2) is 9.59 Å². The zero-order chi connectivity index (χ0) is 28.9. The number of carbonyl (C=O) groups excluding carboxylic acids is 3. The highest BCUT2D eigenvalue weighted by Gasteiger charge is 2.36. The predicted molar refractivity (Wildman–Crippen MR) is 141 cm³/mol. The number of halogens is 4.